The van der Waals surface area contributed by atoms with Gasteiger partial charge in [-0.15, -0.1) is 0 Å². The van der Waals surface area contributed by atoms with Gasteiger partial charge in [-0.3, -0.25) is 4.79 Å². The van der Waals surface area contributed by atoms with Crippen molar-refractivity contribution in [2.24, 2.45) is 0 Å². The summed E-state index contributed by atoms with van der Waals surface area (Å²) < 4.78 is 5.48. The number of ketones is 1. The number of hydrogen-bond donors (Lipinski definition) is 2. The number of Topliss-reactive ketones (excluding diaryl/α,β-unsaturated/α-hetero) is 1. The van der Waals surface area contributed by atoms with Gasteiger partial charge in [-0.2, -0.15) is 0 Å². The third-order valence-electron chi connectivity index (χ3n) is 3.82. The van der Waals surface area contributed by atoms with Crippen molar-refractivity contribution in [3.63, 3.8) is 0 Å². The normalized spacial score (nSPS) is 11.0. The summed E-state index contributed by atoms with van der Waals surface area (Å²) in [6.45, 7) is 5.31. The van der Waals surface area contributed by atoms with E-state index in [1.807, 2.05) is 30.3 Å². The molecule has 0 saturated carbocycles. The number of carboxylic acid groups (broad SMARTS) is 1. The molecule has 0 saturated heterocycles. The molecule has 2 aromatic carbocycles. The van der Waals surface area contributed by atoms with Crippen molar-refractivity contribution in [1.82, 2.24) is 0 Å². The number of ether oxygens (including phenoxy) is 1. The molecule has 0 amide bonds. The van der Waals surface area contributed by atoms with E-state index >= 15 is 0 Å². The summed E-state index contributed by atoms with van der Waals surface area (Å²) >= 11 is 0. The highest BCUT2D eigenvalue weighted by Crippen LogP contribution is 2.19. The smallest absolute Gasteiger partial charge is 0.347 e. The lowest BCUT2D eigenvalue weighted by Crippen LogP contribution is -2.37. The fourth-order valence-corrected chi connectivity index (χ4v) is 2.26. The standard InChI is InChI=1S/C20H23NO4/c1-14(22)16-5-4-6-17(13-16)21-12-11-15-7-9-18(10-8-15)25-20(2,3)19(23)24/h4-10,13,21H,11-12H2,1-3H3,(H,23,24). The van der Waals surface area contributed by atoms with Crippen LogP contribution in [-0.4, -0.2) is 29.0 Å². The molecule has 2 N–H and O–H groups in total. The van der Waals surface area contributed by atoms with Crippen molar-refractivity contribution in [3.05, 3.63) is 59.7 Å². The lowest BCUT2D eigenvalue weighted by molar-refractivity contribution is -0.152. The first-order chi connectivity index (χ1) is 11.8. The van der Waals surface area contributed by atoms with Gasteiger partial charge in [0.25, 0.3) is 0 Å². The number of anilines is 1. The third-order valence-corrected chi connectivity index (χ3v) is 3.82. The zero-order chi connectivity index (χ0) is 18.4. The quantitative estimate of drug-likeness (QED) is 0.715. The van der Waals surface area contributed by atoms with Gasteiger partial charge < -0.3 is 15.2 Å². The van der Waals surface area contributed by atoms with Gasteiger partial charge in [0.1, 0.15) is 5.75 Å². The largest absolute Gasteiger partial charge is 0.478 e. The minimum absolute atomic E-state index is 0.0449. The van der Waals surface area contributed by atoms with Gasteiger partial charge >= 0.3 is 5.97 Å². The molecule has 5 heteroatoms. The van der Waals surface area contributed by atoms with Gasteiger partial charge in [-0.05, 0) is 57.0 Å². The zero-order valence-electron chi connectivity index (χ0n) is 14.7. The second kappa shape index (κ2) is 7.83. The Kier molecular flexibility index (Phi) is 5.80. The van der Waals surface area contributed by atoms with Gasteiger partial charge in [0, 0.05) is 17.8 Å². The van der Waals surface area contributed by atoms with Crippen LogP contribution in [0.4, 0.5) is 5.69 Å². The number of carboxylic acids is 1. The predicted molar refractivity (Wildman–Crippen MR) is 97.4 cm³/mol. The van der Waals surface area contributed by atoms with Gasteiger partial charge in [0.15, 0.2) is 11.4 Å². The molecule has 0 unspecified atom stereocenters. The van der Waals surface area contributed by atoms with E-state index in [4.69, 9.17) is 9.84 Å². The van der Waals surface area contributed by atoms with Gasteiger partial charge in [0.2, 0.25) is 0 Å². The van der Waals surface area contributed by atoms with E-state index in [1.54, 1.807) is 25.1 Å². The molecule has 132 valence electrons. The van der Waals surface area contributed by atoms with Crippen LogP contribution in [0, 0.1) is 0 Å². The van der Waals surface area contributed by atoms with E-state index in [9.17, 15) is 9.59 Å². The van der Waals surface area contributed by atoms with Crippen molar-refractivity contribution < 1.29 is 19.4 Å². The van der Waals surface area contributed by atoms with Crippen molar-refractivity contribution in [2.45, 2.75) is 32.8 Å². The molecular weight excluding hydrogens is 318 g/mol. The summed E-state index contributed by atoms with van der Waals surface area (Å²) in [5.74, 6) is -0.435. The fraction of sp³-hybridized carbons (Fsp3) is 0.300. The van der Waals surface area contributed by atoms with Crippen LogP contribution in [0.15, 0.2) is 48.5 Å². The average Bonchev–Trinajstić information content (AvgIpc) is 2.56. The molecule has 5 nitrogen and oxygen atoms in total. The molecule has 0 fully saturated rings. The second-order valence-corrected chi connectivity index (χ2v) is 6.38. The van der Waals surface area contributed by atoms with Crippen LogP contribution in [0.5, 0.6) is 5.75 Å². The number of aliphatic carboxylic acids is 1. The molecule has 0 heterocycles. The first-order valence-corrected chi connectivity index (χ1v) is 8.14. The summed E-state index contributed by atoms with van der Waals surface area (Å²) in [6, 6.07) is 14.8. The second-order valence-electron chi connectivity index (χ2n) is 6.38. The Morgan fingerprint density at radius 3 is 2.40 bits per heavy atom. The maximum atomic E-state index is 11.4. The highest BCUT2D eigenvalue weighted by atomic mass is 16.5. The molecule has 2 rings (SSSR count). The minimum atomic E-state index is -1.26. The van der Waals surface area contributed by atoms with Crippen LogP contribution in [-0.2, 0) is 11.2 Å². The van der Waals surface area contributed by atoms with Gasteiger partial charge in [-0.1, -0.05) is 24.3 Å². The Labute approximate surface area is 147 Å². The number of nitrogens with one attached hydrogen (secondary N) is 1. The Morgan fingerprint density at radius 1 is 1.12 bits per heavy atom. The van der Waals surface area contributed by atoms with Gasteiger partial charge in [0.05, 0.1) is 0 Å². The number of carbonyl (C=O) groups excluding carboxylic acids is 1. The number of carbonyl (C=O) groups is 2. The number of benzene rings is 2. The fourth-order valence-electron chi connectivity index (χ4n) is 2.26. The lowest BCUT2D eigenvalue weighted by atomic mass is 10.1. The van der Waals surface area contributed by atoms with Crippen molar-refractivity contribution in [1.29, 1.82) is 0 Å². The van der Waals surface area contributed by atoms with E-state index in [0.29, 0.717) is 11.3 Å². The molecule has 0 aliphatic heterocycles. The Morgan fingerprint density at radius 2 is 1.80 bits per heavy atom. The minimum Gasteiger partial charge on any atom is -0.478 e. The van der Waals surface area contributed by atoms with Crippen LogP contribution in [0.2, 0.25) is 0 Å². The number of hydrogen-bond acceptors (Lipinski definition) is 4. The van der Waals surface area contributed by atoms with Crippen LogP contribution in [0.1, 0.15) is 36.7 Å². The molecule has 0 spiro atoms. The molecule has 0 aliphatic carbocycles. The SMILES string of the molecule is CC(=O)c1cccc(NCCc2ccc(OC(C)(C)C(=O)O)cc2)c1. The average molecular weight is 341 g/mol. The predicted octanol–water partition coefficient (Wildman–Crippen LogP) is 3.79. The van der Waals surface area contributed by atoms with E-state index in [0.717, 1.165) is 24.2 Å². The summed E-state index contributed by atoms with van der Waals surface area (Å²) in [5, 5.41) is 12.4. The Hall–Kier alpha value is -2.82. The first kappa shape index (κ1) is 18.5. The molecule has 2 aromatic rings. The van der Waals surface area contributed by atoms with E-state index < -0.39 is 11.6 Å². The molecule has 25 heavy (non-hydrogen) atoms. The summed E-state index contributed by atoms with van der Waals surface area (Å²) in [6.07, 6.45) is 0.799. The van der Waals surface area contributed by atoms with Crippen LogP contribution in [0.3, 0.4) is 0 Å². The van der Waals surface area contributed by atoms with Crippen LogP contribution >= 0.6 is 0 Å². The van der Waals surface area contributed by atoms with Crippen molar-refractivity contribution in [3.8, 4) is 5.75 Å². The third kappa shape index (κ3) is 5.35. The Bertz CT molecular complexity index is 751. The van der Waals surface area contributed by atoms with E-state index in [1.165, 1.54) is 13.8 Å². The zero-order valence-corrected chi connectivity index (χ0v) is 14.7. The van der Waals surface area contributed by atoms with Crippen molar-refractivity contribution in [2.75, 3.05) is 11.9 Å². The van der Waals surface area contributed by atoms with E-state index in [2.05, 4.69) is 5.32 Å². The van der Waals surface area contributed by atoms with Gasteiger partial charge in [-0.25, -0.2) is 4.79 Å². The molecule has 0 aliphatic rings. The van der Waals surface area contributed by atoms with Crippen molar-refractivity contribution >= 4 is 17.4 Å². The molecule has 0 atom stereocenters. The topological polar surface area (TPSA) is 75.6 Å². The molecule has 0 bridgehead atoms. The summed E-state index contributed by atoms with van der Waals surface area (Å²) in [7, 11) is 0. The maximum Gasteiger partial charge on any atom is 0.347 e. The lowest BCUT2D eigenvalue weighted by Gasteiger charge is -2.21. The summed E-state index contributed by atoms with van der Waals surface area (Å²) in [5.41, 5.74) is 1.45. The summed E-state index contributed by atoms with van der Waals surface area (Å²) in [4.78, 5) is 22.5. The molecular formula is C20H23NO4. The highest BCUT2D eigenvalue weighted by Gasteiger charge is 2.29. The Balaban J connectivity index is 1.89. The van der Waals surface area contributed by atoms with E-state index in [-0.39, 0.29) is 5.78 Å². The molecule has 0 aromatic heterocycles. The maximum absolute atomic E-state index is 11.4. The molecule has 0 radical (unpaired) electrons. The van der Waals surface area contributed by atoms with Crippen LogP contribution < -0.4 is 10.1 Å². The monoisotopic (exact) mass is 341 g/mol. The highest BCUT2D eigenvalue weighted by molar-refractivity contribution is 5.94. The van der Waals surface area contributed by atoms with Crippen LogP contribution in [0.25, 0.3) is 0 Å². The first-order valence-electron chi connectivity index (χ1n) is 8.14. The number of rotatable bonds is 8.